The molecule has 0 aliphatic rings. The summed E-state index contributed by atoms with van der Waals surface area (Å²) in [6, 6.07) is 4.20. The molecular formula is C15H26ClN3. The van der Waals surface area contributed by atoms with Gasteiger partial charge in [0.2, 0.25) is 0 Å². The molecule has 0 atom stereocenters. The molecule has 0 N–H and O–H groups in total. The van der Waals surface area contributed by atoms with Crippen molar-refractivity contribution in [3.8, 4) is 0 Å². The molecule has 0 fully saturated rings. The highest BCUT2D eigenvalue weighted by molar-refractivity contribution is 6.17. The minimum Gasteiger partial charge on any atom is -0.360 e. The van der Waals surface area contributed by atoms with Crippen LogP contribution in [0.4, 0.5) is 5.82 Å². The number of halogens is 1. The Bertz CT molecular complexity index is 391. The minimum absolute atomic E-state index is 0.428. The molecule has 0 amide bonds. The Morgan fingerprint density at radius 2 is 1.84 bits per heavy atom. The molecule has 0 aromatic carbocycles. The van der Waals surface area contributed by atoms with Crippen LogP contribution in [0.5, 0.6) is 0 Å². The van der Waals surface area contributed by atoms with Gasteiger partial charge < -0.3 is 9.80 Å². The van der Waals surface area contributed by atoms with Crippen LogP contribution < -0.4 is 4.90 Å². The number of aromatic nitrogens is 1. The zero-order chi connectivity index (χ0) is 14.4. The van der Waals surface area contributed by atoms with Gasteiger partial charge in [-0.05, 0) is 50.7 Å². The number of alkyl halides is 1. The zero-order valence-corrected chi connectivity index (χ0v) is 13.5. The summed E-state index contributed by atoms with van der Waals surface area (Å²) in [5.74, 6) is 2.00. The van der Waals surface area contributed by atoms with Gasteiger partial charge in [-0.15, -0.1) is 11.6 Å². The molecule has 0 saturated heterocycles. The molecule has 0 aliphatic carbocycles. The van der Waals surface area contributed by atoms with Gasteiger partial charge in [0, 0.05) is 25.2 Å². The van der Waals surface area contributed by atoms with E-state index in [9.17, 15) is 0 Å². The van der Waals surface area contributed by atoms with Gasteiger partial charge in [0.25, 0.3) is 0 Å². The van der Waals surface area contributed by atoms with Crippen molar-refractivity contribution in [3.63, 3.8) is 0 Å². The maximum atomic E-state index is 5.97. The van der Waals surface area contributed by atoms with Crippen LogP contribution in [-0.4, -0.2) is 44.1 Å². The van der Waals surface area contributed by atoms with Crippen LogP contribution in [0.25, 0.3) is 0 Å². The fourth-order valence-corrected chi connectivity index (χ4v) is 2.06. The fraction of sp³-hybridized carbons (Fsp3) is 0.667. The minimum atomic E-state index is 0.428. The van der Waals surface area contributed by atoms with E-state index >= 15 is 0 Å². The second kappa shape index (κ2) is 7.71. The normalized spacial score (nSPS) is 11.4. The largest absolute Gasteiger partial charge is 0.360 e. The summed E-state index contributed by atoms with van der Waals surface area (Å²) < 4.78 is 0. The van der Waals surface area contributed by atoms with Crippen LogP contribution in [0, 0.1) is 0 Å². The SMILES string of the molecule is CC(C)c1cc(CCl)cc(N(C)CCCN(C)C)n1. The third-order valence-corrected chi connectivity index (χ3v) is 3.44. The first-order chi connectivity index (χ1) is 8.93. The van der Waals surface area contributed by atoms with Crippen molar-refractivity contribution in [3.05, 3.63) is 23.4 Å². The number of rotatable bonds is 7. The maximum absolute atomic E-state index is 5.97. The van der Waals surface area contributed by atoms with Gasteiger partial charge in [-0.2, -0.15) is 0 Å². The van der Waals surface area contributed by atoms with E-state index in [1.165, 1.54) is 0 Å². The Balaban J connectivity index is 2.77. The predicted molar refractivity (Wildman–Crippen MR) is 84.3 cm³/mol. The number of pyridine rings is 1. The summed E-state index contributed by atoms with van der Waals surface area (Å²) in [6.45, 7) is 6.43. The van der Waals surface area contributed by atoms with Crippen molar-refractivity contribution in [2.24, 2.45) is 0 Å². The summed E-state index contributed by atoms with van der Waals surface area (Å²) in [5.41, 5.74) is 2.27. The highest BCUT2D eigenvalue weighted by Crippen LogP contribution is 2.20. The molecule has 0 radical (unpaired) electrons. The quantitative estimate of drug-likeness (QED) is 0.716. The van der Waals surface area contributed by atoms with E-state index in [1.807, 2.05) is 0 Å². The third-order valence-electron chi connectivity index (χ3n) is 3.13. The van der Waals surface area contributed by atoms with Crippen LogP contribution in [0.2, 0.25) is 0 Å². The summed E-state index contributed by atoms with van der Waals surface area (Å²) in [5, 5.41) is 0. The van der Waals surface area contributed by atoms with E-state index < -0.39 is 0 Å². The van der Waals surface area contributed by atoms with Crippen LogP contribution in [0.3, 0.4) is 0 Å². The van der Waals surface area contributed by atoms with E-state index in [0.29, 0.717) is 11.8 Å². The first kappa shape index (κ1) is 16.3. The Morgan fingerprint density at radius 1 is 1.16 bits per heavy atom. The van der Waals surface area contributed by atoms with Crippen molar-refractivity contribution in [2.45, 2.75) is 32.1 Å². The molecule has 3 nitrogen and oxygen atoms in total. The van der Waals surface area contributed by atoms with Crippen molar-refractivity contribution in [2.75, 3.05) is 39.1 Å². The summed E-state index contributed by atoms with van der Waals surface area (Å²) in [7, 11) is 6.30. The molecule has 1 rings (SSSR count). The summed E-state index contributed by atoms with van der Waals surface area (Å²) in [6.07, 6.45) is 1.13. The fourth-order valence-electron chi connectivity index (χ4n) is 1.90. The molecular weight excluding hydrogens is 258 g/mol. The van der Waals surface area contributed by atoms with Crippen LogP contribution >= 0.6 is 11.6 Å². The van der Waals surface area contributed by atoms with Crippen LogP contribution in [-0.2, 0) is 5.88 Å². The maximum Gasteiger partial charge on any atom is 0.128 e. The molecule has 0 aliphatic heterocycles. The molecule has 0 bridgehead atoms. The van der Waals surface area contributed by atoms with E-state index in [2.05, 4.69) is 56.9 Å². The molecule has 0 saturated carbocycles. The third kappa shape index (κ3) is 5.37. The van der Waals surface area contributed by atoms with Gasteiger partial charge in [-0.3, -0.25) is 0 Å². The smallest absolute Gasteiger partial charge is 0.128 e. The Kier molecular flexibility index (Phi) is 6.59. The van der Waals surface area contributed by atoms with E-state index in [1.54, 1.807) is 0 Å². The van der Waals surface area contributed by atoms with E-state index in [0.717, 1.165) is 36.6 Å². The van der Waals surface area contributed by atoms with E-state index in [4.69, 9.17) is 16.6 Å². The Morgan fingerprint density at radius 3 is 2.37 bits per heavy atom. The van der Waals surface area contributed by atoms with Gasteiger partial charge in [-0.25, -0.2) is 4.98 Å². The van der Waals surface area contributed by atoms with Crippen molar-refractivity contribution in [1.82, 2.24) is 9.88 Å². The monoisotopic (exact) mass is 283 g/mol. The molecule has 19 heavy (non-hydrogen) atoms. The van der Waals surface area contributed by atoms with Gasteiger partial charge in [0.15, 0.2) is 0 Å². The second-order valence-corrected chi connectivity index (χ2v) is 5.89. The summed E-state index contributed by atoms with van der Waals surface area (Å²) >= 11 is 5.97. The molecule has 1 heterocycles. The van der Waals surface area contributed by atoms with Crippen molar-refractivity contribution in [1.29, 1.82) is 0 Å². The lowest BCUT2D eigenvalue weighted by atomic mass is 10.1. The molecule has 0 spiro atoms. The average molecular weight is 284 g/mol. The number of hydrogen-bond donors (Lipinski definition) is 0. The molecule has 4 heteroatoms. The highest BCUT2D eigenvalue weighted by Gasteiger charge is 2.09. The number of hydrogen-bond acceptors (Lipinski definition) is 3. The first-order valence-electron chi connectivity index (χ1n) is 6.86. The van der Waals surface area contributed by atoms with Gasteiger partial charge in [0.05, 0.1) is 0 Å². The first-order valence-corrected chi connectivity index (χ1v) is 7.40. The van der Waals surface area contributed by atoms with Crippen LogP contribution in [0.1, 0.15) is 37.4 Å². The highest BCUT2D eigenvalue weighted by atomic mass is 35.5. The topological polar surface area (TPSA) is 19.4 Å². The van der Waals surface area contributed by atoms with E-state index in [-0.39, 0.29) is 0 Å². The molecule has 1 aromatic heterocycles. The van der Waals surface area contributed by atoms with Gasteiger partial charge >= 0.3 is 0 Å². The lowest BCUT2D eigenvalue weighted by Gasteiger charge is -2.21. The molecule has 0 unspecified atom stereocenters. The predicted octanol–water partition coefficient (Wildman–Crippen LogP) is 3.33. The number of nitrogens with zero attached hydrogens (tertiary/aromatic N) is 3. The lowest BCUT2D eigenvalue weighted by molar-refractivity contribution is 0.401. The van der Waals surface area contributed by atoms with Gasteiger partial charge in [0.1, 0.15) is 5.82 Å². The van der Waals surface area contributed by atoms with Crippen molar-refractivity contribution < 1.29 is 0 Å². The second-order valence-electron chi connectivity index (χ2n) is 5.63. The Hall–Kier alpha value is -0.800. The zero-order valence-electron chi connectivity index (χ0n) is 12.8. The van der Waals surface area contributed by atoms with Gasteiger partial charge in [-0.1, -0.05) is 13.8 Å². The lowest BCUT2D eigenvalue weighted by Crippen LogP contribution is -2.24. The standard InChI is InChI=1S/C15H26ClN3/c1-12(2)14-9-13(11-16)10-15(17-14)19(5)8-6-7-18(3)4/h9-10,12H,6-8,11H2,1-5H3. The number of anilines is 1. The Labute approximate surface area is 122 Å². The molecule has 108 valence electrons. The van der Waals surface area contributed by atoms with Crippen LogP contribution in [0.15, 0.2) is 12.1 Å². The average Bonchev–Trinajstić information content (AvgIpc) is 2.37. The van der Waals surface area contributed by atoms with Crippen molar-refractivity contribution >= 4 is 17.4 Å². The summed E-state index contributed by atoms with van der Waals surface area (Å²) in [4.78, 5) is 9.15. The molecule has 1 aromatic rings.